The number of aliphatic carboxylic acids is 1. The number of carbonyl (C=O) groups is 2. The summed E-state index contributed by atoms with van der Waals surface area (Å²) in [5, 5.41) is 22.7. The van der Waals surface area contributed by atoms with Gasteiger partial charge in [-0.1, -0.05) is 0 Å². The Balaban J connectivity index is 2.09. The number of methoxy groups -OCH3 is 1. The number of nitrogens with zero attached hydrogens (tertiary/aromatic N) is 2. The number of ether oxygens (including phenoxy) is 1. The van der Waals surface area contributed by atoms with Crippen molar-refractivity contribution in [2.45, 2.75) is 19.4 Å². The molecule has 1 aliphatic heterocycles. The zero-order valence-corrected chi connectivity index (χ0v) is 13.4. The second-order valence-electron chi connectivity index (χ2n) is 5.62. The van der Waals surface area contributed by atoms with Crippen LogP contribution in [-0.4, -0.2) is 53.0 Å². The molecule has 2 unspecified atom stereocenters. The lowest BCUT2D eigenvalue weighted by atomic mass is 10.1. The molecule has 0 aromatic heterocycles. The molecule has 0 bridgehead atoms. The average molecular weight is 337 g/mol. The Bertz CT molecular complexity index is 663. The molecule has 9 nitrogen and oxygen atoms in total. The molecule has 1 heterocycles. The maximum Gasteiger partial charge on any atom is 0.307 e. The highest BCUT2D eigenvalue weighted by atomic mass is 16.6. The van der Waals surface area contributed by atoms with Crippen molar-refractivity contribution in [2.75, 3.05) is 25.5 Å². The number of carboxylic acid groups (broad SMARTS) is 1. The largest absolute Gasteiger partial charge is 0.496 e. The van der Waals surface area contributed by atoms with E-state index in [2.05, 4.69) is 5.32 Å². The smallest absolute Gasteiger partial charge is 0.307 e. The number of nitrogens with one attached hydrogen (secondary N) is 1. The number of benzene rings is 1. The third kappa shape index (κ3) is 3.80. The fraction of sp³-hybridized carbons (Fsp3) is 0.467. The van der Waals surface area contributed by atoms with Crippen molar-refractivity contribution < 1.29 is 24.4 Å². The number of anilines is 1. The molecule has 1 aliphatic rings. The molecule has 130 valence electrons. The van der Waals surface area contributed by atoms with Crippen LogP contribution in [0.2, 0.25) is 0 Å². The Morgan fingerprint density at radius 3 is 2.75 bits per heavy atom. The average Bonchev–Trinajstić information content (AvgIpc) is 3.04. The predicted octanol–water partition coefficient (Wildman–Crippen LogP) is 1.34. The Morgan fingerprint density at radius 2 is 2.21 bits per heavy atom. The highest BCUT2D eigenvalue weighted by Gasteiger charge is 2.33. The quantitative estimate of drug-likeness (QED) is 0.593. The minimum absolute atomic E-state index is 0.0756. The van der Waals surface area contributed by atoms with E-state index in [0.29, 0.717) is 18.7 Å². The van der Waals surface area contributed by atoms with Crippen molar-refractivity contribution in [3.8, 4) is 5.75 Å². The number of likely N-dealkylation sites (tertiary alicyclic amines) is 1. The Kier molecular flexibility index (Phi) is 5.35. The molecule has 2 atom stereocenters. The van der Waals surface area contributed by atoms with Crippen LogP contribution in [0.5, 0.6) is 5.75 Å². The first-order valence-corrected chi connectivity index (χ1v) is 7.43. The van der Waals surface area contributed by atoms with E-state index in [-0.39, 0.29) is 17.9 Å². The van der Waals surface area contributed by atoms with Gasteiger partial charge in [0.25, 0.3) is 5.69 Å². The molecule has 0 spiro atoms. The molecule has 0 saturated carbocycles. The van der Waals surface area contributed by atoms with E-state index in [1.165, 1.54) is 25.3 Å². The number of hydrogen-bond donors (Lipinski definition) is 2. The highest BCUT2D eigenvalue weighted by Crippen LogP contribution is 2.29. The maximum absolute atomic E-state index is 12.4. The van der Waals surface area contributed by atoms with Gasteiger partial charge in [0.2, 0.25) is 5.91 Å². The van der Waals surface area contributed by atoms with Gasteiger partial charge < -0.3 is 15.2 Å². The topological polar surface area (TPSA) is 122 Å². The number of nitro groups is 1. The van der Waals surface area contributed by atoms with Crippen molar-refractivity contribution in [2.24, 2.45) is 5.92 Å². The second kappa shape index (κ2) is 7.26. The number of hydrogen-bond acceptors (Lipinski definition) is 6. The zero-order valence-electron chi connectivity index (χ0n) is 13.4. The molecule has 2 N–H and O–H groups in total. The second-order valence-corrected chi connectivity index (χ2v) is 5.62. The van der Waals surface area contributed by atoms with Crippen molar-refractivity contribution in [1.82, 2.24) is 4.90 Å². The summed E-state index contributed by atoms with van der Waals surface area (Å²) in [5.74, 6) is -1.47. The van der Waals surface area contributed by atoms with Crippen LogP contribution in [0.3, 0.4) is 0 Å². The van der Waals surface area contributed by atoms with Gasteiger partial charge in [0, 0.05) is 6.54 Å². The van der Waals surface area contributed by atoms with Crippen LogP contribution in [-0.2, 0) is 9.59 Å². The van der Waals surface area contributed by atoms with E-state index in [4.69, 9.17) is 9.84 Å². The van der Waals surface area contributed by atoms with Gasteiger partial charge in [0.15, 0.2) is 0 Å². The van der Waals surface area contributed by atoms with Crippen LogP contribution >= 0.6 is 0 Å². The lowest BCUT2D eigenvalue weighted by Crippen LogP contribution is -2.41. The molecule has 1 amide bonds. The van der Waals surface area contributed by atoms with Crippen LogP contribution in [0.4, 0.5) is 11.4 Å². The molecule has 1 aromatic carbocycles. The summed E-state index contributed by atoms with van der Waals surface area (Å²) in [6.07, 6.45) is 0.482. The molecular weight excluding hydrogens is 318 g/mol. The SMILES string of the molecule is COc1ccc(NC(=O)C(C)N2CCC(C(=O)O)C2)c([N+](=O)[O-])c1. The van der Waals surface area contributed by atoms with Crippen molar-refractivity contribution in [3.05, 3.63) is 28.3 Å². The van der Waals surface area contributed by atoms with E-state index in [1.54, 1.807) is 11.8 Å². The Morgan fingerprint density at radius 1 is 1.50 bits per heavy atom. The number of amides is 1. The summed E-state index contributed by atoms with van der Waals surface area (Å²) in [4.78, 5) is 35.6. The summed E-state index contributed by atoms with van der Waals surface area (Å²) in [7, 11) is 1.39. The van der Waals surface area contributed by atoms with Crippen LogP contribution in [0.1, 0.15) is 13.3 Å². The first kappa shape index (κ1) is 17.7. The monoisotopic (exact) mass is 337 g/mol. The summed E-state index contributed by atoms with van der Waals surface area (Å²) in [5.41, 5.74) is -0.189. The van der Waals surface area contributed by atoms with Gasteiger partial charge in [0.1, 0.15) is 11.4 Å². The third-order valence-corrected chi connectivity index (χ3v) is 4.16. The number of rotatable bonds is 6. The van der Waals surface area contributed by atoms with Gasteiger partial charge in [-0.05, 0) is 32.0 Å². The third-order valence-electron chi connectivity index (χ3n) is 4.16. The molecule has 1 aromatic rings. The van der Waals surface area contributed by atoms with Gasteiger partial charge >= 0.3 is 5.97 Å². The molecule has 9 heteroatoms. The maximum atomic E-state index is 12.4. The number of nitro benzene ring substituents is 1. The van der Waals surface area contributed by atoms with Gasteiger partial charge in [0.05, 0.1) is 30.1 Å². The van der Waals surface area contributed by atoms with Crippen LogP contribution < -0.4 is 10.1 Å². The van der Waals surface area contributed by atoms with Gasteiger partial charge in [-0.15, -0.1) is 0 Å². The molecular formula is C15H19N3O6. The number of carboxylic acids is 1. The fourth-order valence-electron chi connectivity index (χ4n) is 2.64. The van der Waals surface area contributed by atoms with Crippen molar-refractivity contribution in [3.63, 3.8) is 0 Å². The normalized spacial score (nSPS) is 18.8. The van der Waals surface area contributed by atoms with E-state index in [9.17, 15) is 19.7 Å². The first-order valence-electron chi connectivity index (χ1n) is 7.43. The highest BCUT2D eigenvalue weighted by molar-refractivity contribution is 5.96. The van der Waals surface area contributed by atoms with E-state index < -0.39 is 28.8 Å². The molecule has 0 aliphatic carbocycles. The Labute approximate surface area is 138 Å². The van der Waals surface area contributed by atoms with Crippen LogP contribution in [0.15, 0.2) is 18.2 Å². The fourth-order valence-corrected chi connectivity index (χ4v) is 2.64. The van der Waals surface area contributed by atoms with Crippen LogP contribution in [0.25, 0.3) is 0 Å². The predicted molar refractivity (Wildman–Crippen MR) is 85.1 cm³/mol. The molecule has 0 radical (unpaired) electrons. The minimum Gasteiger partial charge on any atom is -0.496 e. The van der Waals surface area contributed by atoms with E-state index >= 15 is 0 Å². The molecule has 1 saturated heterocycles. The van der Waals surface area contributed by atoms with Crippen molar-refractivity contribution in [1.29, 1.82) is 0 Å². The van der Waals surface area contributed by atoms with Gasteiger partial charge in [-0.25, -0.2) is 0 Å². The minimum atomic E-state index is -0.879. The molecule has 1 fully saturated rings. The summed E-state index contributed by atoms with van der Waals surface area (Å²) < 4.78 is 4.95. The van der Waals surface area contributed by atoms with E-state index in [1.807, 2.05) is 0 Å². The lowest BCUT2D eigenvalue weighted by molar-refractivity contribution is -0.384. The number of carbonyl (C=O) groups excluding carboxylic acids is 1. The Hall–Kier alpha value is -2.68. The van der Waals surface area contributed by atoms with E-state index in [0.717, 1.165) is 0 Å². The summed E-state index contributed by atoms with van der Waals surface area (Å²) in [6, 6.07) is 3.57. The first-order chi connectivity index (χ1) is 11.3. The van der Waals surface area contributed by atoms with Gasteiger partial charge in [-0.3, -0.25) is 24.6 Å². The molecule has 2 rings (SSSR count). The zero-order chi connectivity index (χ0) is 17.9. The lowest BCUT2D eigenvalue weighted by Gasteiger charge is -2.23. The molecule has 24 heavy (non-hydrogen) atoms. The van der Waals surface area contributed by atoms with Crippen LogP contribution in [0, 0.1) is 16.0 Å². The van der Waals surface area contributed by atoms with Crippen molar-refractivity contribution >= 4 is 23.3 Å². The summed E-state index contributed by atoms with van der Waals surface area (Å²) in [6.45, 7) is 2.43. The summed E-state index contributed by atoms with van der Waals surface area (Å²) >= 11 is 0. The standard InChI is InChI=1S/C15H19N3O6/c1-9(17-6-5-10(8-17)15(20)21)14(19)16-12-4-3-11(24-2)7-13(12)18(22)23/h3-4,7,9-10H,5-6,8H2,1-2H3,(H,16,19)(H,20,21). The van der Waals surface area contributed by atoms with Gasteiger partial charge in [-0.2, -0.15) is 0 Å².